The molecule has 0 saturated carbocycles. The van der Waals surface area contributed by atoms with Gasteiger partial charge in [-0.1, -0.05) is 46.6 Å². The van der Waals surface area contributed by atoms with Crippen molar-refractivity contribution in [3.05, 3.63) is 86.4 Å². The highest BCUT2D eigenvalue weighted by molar-refractivity contribution is 6.35. The molecule has 0 spiro atoms. The summed E-state index contributed by atoms with van der Waals surface area (Å²) in [5.74, 6) is 0.765. The van der Waals surface area contributed by atoms with Crippen molar-refractivity contribution in [2.24, 2.45) is 5.16 Å². The number of oxime groups is 1. The second-order valence-electron chi connectivity index (χ2n) is 6.40. The van der Waals surface area contributed by atoms with Crippen LogP contribution in [-0.4, -0.2) is 36.9 Å². The van der Waals surface area contributed by atoms with Crippen molar-refractivity contribution in [3.63, 3.8) is 0 Å². The number of halogens is 2. The minimum atomic E-state index is -1.50. The Morgan fingerprint density at radius 2 is 1.94 bits per heavy atom. The molecule has 0 saturated heterocycles. The number of fused-ring (bicyclic) bond motifs is 1. The van der Waals surface area contributed by atoms with Crippen molar-refractivity contribution >= 4 is 28.9 Å². The Balaban J connectivity index is 0.000000628. The highest BCUT2D eigenvalue weighted by Gasteiger charge is 2.34. The van der Waals surface area contributed by atoms with Gasteiger partial charge >= 0.3 is 0 Å². The van der Waals surface area contributed by atoms with Crippen molar-refractivity contribution in [1.82, 2.24) is 14.8 Å². The number of aromatic nitrogens is 3. The molecule has 2 heterocycles. The van der Waals surface area contributed by atoms with Crippen molar-refractivity contribution in [2.75, 3.05) is 0 Å². The number of para-hydroxylation sites is 1. The minimum absolute atomic E-state index is 0.169. The van der Waals surface area contributed by atoms with E-state index in [0.29, 0.717) is 10.0 Å². The second kappa shape index (κ2) is 10.1. The highest BCUT2D eigenvalue weighted by Crippen LogP contribution is 2.34. The first kappa shape index (κ1) is 22.3. The molecular weight excluding hydrogens is 449 g/mol. The SMILES string of the molecule is C[C@@H]1Oc2ccccc2/C(=N/OCc2ccc(Cl)cc2Cl)[C@H]1n1cnnc1.O=[N+]([O-])O. The fraction of sp³-hybridized carbons (Fsp3) is 0.211. The predicted octanol–water partition coefficient (Wildman–Crippen LogP) is 4.18. The lowest BCUT2D eigenvalue weighted by atomic mass is 9.95. The van der Waals surface area contributed by atoms with Crippen molar-refractivity contribution in [2.45, 2.75) is 25.7 Å². The Bertz CT molecular complexity index is 1070. The Morgan fingerprint density at radius 3 is 2.61 bits per heavy atom. The van der Waals surface area contributed by atoms with Crippen LogP contribution >= 0.6 is 23.2 Å². The molecule has 2 atom stereocenters. The topological polar surface area (TPSA) is 125 Å². The molecule has 0 fully saturated rings. The third-order valence-electron chi connectivity index (χ3n) is 4.36. The van der Waals surface area contributed by atoms with Gasteiger partial charge in [0.2, 0.25) is 0 Å². The highest BCUT2D eigenvalue weighted by atomic mass is 35.5. The summed E-state index contributed by atoms with van der Waals surface area (Å²) in [6.45, 7) is 2.21. The molecule has 0 unspecified atom stereocenters. The van der Waals surface area contributed by atoms with E-state index in [1.165, 1.54) is 0 Å². The van der Waals surface area contributed by atoms with E-state index < -0.39 is 5.09 Å². The summed E-state index contributed by atoms with van der Waals surface area (Å²) in [5.41, 5.74) is 2.42. The number of ether oxygens (including phenoxy) is 1. The summed E-state index contributed by atoms with van der Waals surface area (Å²) >= 11 is 12.2. The average molecular weight is 466 g/mol. The van der Waals surface area contributed by atoms with Crippen LogP contribution in [0.25, 0.3) is 0 Å². The fourth-order valence-corrected chi connectivity index (χ4v) is 3.54. The van der Waals surface area contributed by atoms with Gasteiger partial charge in [-0.25, -0.2) is 0 Å². The number of rotatable bonds is 4. The third-order valence-corrected chi connectivity index (χ3v) is 4.94. The van der Waals surface area contributed by atoms with Crippen LogP contribution in [0.4, 0.5) is 0 Å². The monoisotopic (exact) mass is 465 g/mol. The minimum Gasteiger partial charge on any atom is -0.487 e. The standard InChI is InChI=1S/C19H16Cl2N4O2.HNO3/c1-12-19(25-10-22-23-11-25)18(15-4-2-3-5-17(15)27-12)24-26-9-13-6-7-14(20)8-16(13)21;2-1(3)4/h2-8,10-12,19H,9H2,1H3;(H,2,3,4)/b24-18-;/t12-,19-;/m0./s1. The Labute approximate surface area is 186 Å². The molecule has 0 aliphatic carbocycles. The molecule has 3 aromatic rings. The van der Waals surface area contributed by atoms with Crippen molar-refractivity contribution < 1.29 is 19.9 Å². The first-order valence-corrected chi connectivity index (χ1v) is 9.69. The lowest BCUT2D eigenvalue weighted by Gasteiger charge is -2.32. The molecule has 2 aromatic carbocycles. The van der Waals surface area contributed by atoms with Crippen LogP contribution in [-0.2, 0) is 11.4 Å². The molecule has 1 aromatic heterocycles. The van der Waals surface area contributed by atoms with E-state index in [4.69, 9.17) is 48.1 Å². The molecule has 0 amide bonds. The van der Waals surface area contributed by atoms with E-state index in [1.54, 1.807) is 24.8 Å². The number of nitrogens with zero attached hydrogens (tertiary/aromatic N) is 5. The maximum absolute atomic E-state index is 8.36. The van der Waals surface area contributed by atoms with E-state index >= 15 is 0 Å². The number of benzene rings is 2. The van der Waals surface area contributed by atoms with Gasteiger partial charge in [-0.2, -0.15) is 0 Å². The largest absolute Gasteiger partial charge is 0.487 e. The zero-order valence-corrected chi connectivity index (χ0v) is 17.6. The van der Waals surface area contributed by atoms with Gasteiger partial charge in [-0.05, 0) is 31.2 Å². The maximum Gasteiger partial charge on any atom is 0.291 e. The van der Waals surface area contributed by atoms with E-state index in [1.807, 2.05) is 41.8 Å². The molecule has 1 aliphatic rings. The Hall–Kier alpha value is -3.37. The van der Waals surface area contributed by atoms with Gasteiger partial charge in [0.15, 0.2) is 0 Å². The van der Waals surface area contributed by atoms with E-state index in [2.05, 4.69) is 15.4 Å². The van der Waals surface area contributed by atoms with Crippen molar-refractivity contribution in [3.8, 4) is 5.75 Å². The first-order valence-electron chi connectivity index (χ1n) is 8.94. The lowest BCUT2D eigenvalue weighted by Crippen LogP contribution is -2.37. The van der Waals surface area contributed by atoms with E-state index in [9.17, 15) is 0 Å². The van der Waals surface area contributed by atoms with Gasteiger partial charge in [-0.15, -0.1) is 20.3 Å². The number of hydrogen-bond donors (Lipinski definition) is 1. The van der Waals surface area contributed by atoms with E-state index in [0.717, 1.165) is 22.6 Å². The van der Waals surface area contributed by atoms with Gasteiger partial charge in [0.25, 0.3) is 5.09 Å². The summed E-state index contributed by atoms with van der Waals surface area (Å²) in [4.78, 5) is 14.0. The van der Waals surface area contributed by atoms with Gasteiger partial charge in [0, 0.05) is 21.2 Å². The van der Waals surface area contributed by atoms with Crippen LogP contribution in [0.15, 0.2) is 60.3 Å². The van der Waals surface area contributed by atoms with E-state index in [-0.39, 0.29) is 18.8 Å². The fourth-order valence-electron chi connectivity index (χ4n) is 3.08. The third kappa shape index (κ3) is 5.62. The molecule has 1 N–H and O–H groups in total. The normalized spacial score (nSPS) is 18.4. The molecule has 31 heavy (non-hydrogen) atoms. The summed E-state index contributed by atoms with van der Waals surface area (Å²) < 4.78 is 7.91. The quantitative estimate of drug-likeness (QED) is 0.452. The van der Waals surface area contributed by atoms with Crippen LogP contribution in [0.3, 0.4) is 0 Å². The summed E-state index contributed by atoms with van der Waals surface area (Å²) in [6.07, 6.45) is 3.12. The molecule has 0 bridgehead atoms. The van der Waals surface area contributed by atoms with Gasteiger partial charge in [0.1, 0.15) is 42.9 Å². The van der Waals surface area contributed by atoms with Crippen LogP contribution in [0.1, 0.15) is 24.1 Å². The van der Waals surface area contributed by atoms with Crippen molar-refractivity contribution in [1.29, 1.82) is 0 Å². The molecule has 4 rings (SSSR count). The lowest BCUT2D eigenvalue weighted by molar-refractivity contribution is -0.742. The number of hydrogen-bond acceptors (Lipinski definition) is 7. The zero-order valence-electron chi connectivity index (χ0n) is 16.1. The second-order valence-corrected chi connectivity index (χ2v) is 7.24. The summed E-state index contributed by atoms with van der Waals surface area (Å²) in [5, 5.41) is 27.0. The summed E-state index contributed by atoms with van der Waals surface area (Å²) in [7, 11) is 0. The van der Waals surface area contributed by atoms with Crippen LogP contribution in [0.5, 0.6) is 5.75 Å². The summed E-state index contributed by atoms with van der Waals surface area (Å²) in [6, 6.07) is 12.8. The molecular formula is C19H17Cl2N5O5. The van der Waals surface area contributed by atoms with Gasteiger partial charge in [0.05, 0.1) is 0 Å². The predicted molar refractivity (Wildman–Crippen MR) is 112 cm³/mol. The smallest absolute Gasteiger partial charge is 0.291 e. The molecule has 12 heteroatoms. The average Bonchev–Trinajstić information content (AvgIpc) is 3.23. The van der Waals surface area contributed by atoms with Crippen LogP contribution < -0.4 is 4.74 Å². The molecule has 10 nitrogen and oxygen atoms in total. The van der Waals surface area contributed by atoms with Crippen LogP contribution in [0, 0.1) is 10.1 Å². The van der Waals surface area contributed by atoms with Gasteiger partial charge < -0.3 is 19.3 Å². The molecule has 1 aliphatic heterocycles. The molecule has 162 valence electrons. The molecule has 0 radical (unpaired) electrons. The van der Waals surface area contributed by atoms with Crippen LogP contribution in [0.2, 0.25) is 10.0 Å². The zero-order chi connectivity index (χ0) is 22.4. The Morgan fingerprint density at radius 1 is 1.26 bits per heavy atom. The maximum atomic E-state index is 8.36. The Kier molecular flexibility index (Phi) is 7.27. The van der Waals surface area contributed by atoms with Gasteiger partial charge in [-0.3, -0.25) is 0 Å². The first-order chi connectivity index (χ1) is 14.9.